The van der Waals surface area contributed by atoms with Gasteiger partial charge < -0.3 is 14.8 Å². The number of para-hydroxylation sites is 1. The Hall–Kier alpha value is -2.87. The number of primary amides is 1. The third kappa shape index (κ3) is 3.15. The molecule has 7 nitrogen and oxygen atoms in total. The van der Waals surface area contributed by atoms with Gasteiger partial charge in [0.05, 0.1) is 5.56 Å². The van der Waals surface area contributed by atoms with E-state index in [1.807, 2.05) is 6.92 Å². The highest BCUT2D eigenvalue weighted by Gasteiger charge is 2.31. The summed E-state index contributed by atoms with van der Waals surface area (Å²) in [6, 6.07) is 10.3. The predicted molar refractivity (Wildman–Crippen MR) is 95.5 cm³/mol. The lowest BCUT2D eigenvalue weighted by atomic mass is 10.1. The van der Waals surface area contributed by atoms with Gasteiger partial charge in [-0.1, -0.05) is 12.1 Å². The molecule has 8 heteroatoms. The summed E-state index contributed by atoms with van der Waals surface area (Å²) in [4.78, 5) is 24.8. The fraction of sp³-hybridized carbons (Fsp3) is 0.222. The molecule has 26 heavy (non-hydrogen) atoms. The van der Waals surface area contributed by atoms with Crippen molar-refractivity contribution in [1.82, 2.24) is 0 Å². The van der Waals surface area contributed by atoms with Crippen molar-refractivity contribution in [1.29, 1.82) is 0 Å². The fourth-order valence-corrected chi connectivity index (χ4v) is 4.15. The summed E-state index contributed by atoms with van der Waals surface area (Å²) in [7, 11) is -4.16. The first kappa shape index (κ1) is 17.9. The van der Waals surface area contributed by atoms with E-state index in [1.54, 1.807) is 23.1 Å². The van der Waals surface area contributed by atoms with E-state index >= 15 is 0 Å². The Labute approximate surface area is 151 Å². The van der Waals surface area contributed by atoms with Crippen LogP contribution in [0.1, 0.15) is 29.8 Å². The molecule has 1 unspecified atom stereocenters. The largest absolute Gasteiger partial charge is 0.378 e. The SMILES string of the molecule is CC(=O)N1c2ccc(S(=O)(=O)Oc3ccccc3C(N)=O)cc2CC1C. The number of nitrogens with two attached hydrogens (primary N) is 1. The van der Waals surface area contributed by atoms with Gasteiger partial charge in [-0.3, -0.25) is 9.59 Å². The lowest BCUT2D eigenvalue weighted by Gasteiger charge is -2.20. The van der Waals surface area contributed by atoms with Crippen molar-refractivity contribution < 1.29 is 22.2 Å². The summed E-state index contributed by atoms with van der Waals surface area (Å²) in [5.74, 6) is -1.01. The third-order valence-corrected chi connectivity index (χ3v) is 5.48. The van der Waals surface area contributed by atoms with Gasteiger partial charge in [-0.15, -0.1) is 0 Å². The van der Waals surface area contributed by atoms with Crippen LogP contribution in [0.15, 0.2) is 47.4 Å². The minimum absolute atomic E-state index is 0.0198. The molecule has 1 aliphatic heterocycles. The van der Waals surface area contributed by atoms with Crippen LogP contribution in [0.3, 0.4) is 0 Å². The highest BCUT2D eigenvalue weighted by atomic mass is 32.2. The average Bonchev–Trinajstić information content (AvgIpc) is 2.89. The molecule has 2 amide bonds. The first-order valence-corrected chi connectivity index (χ1v) is 9.37. The molecule has 0 spiro atoms. The number of carbonyl (C=O) groups excluding carboxylic acids is 2. The van der Waals surface area contributed by atoms with Gasteiger partial charge in [-0.05, 0) is 49.2 Å². The monoisotopic (exact) mass is 374 g/mol. The maximum Gasteiger partial charge on any atom is 0.339 e. The van der Waals surface area contributed by atoms with E-state index in [4.69, 9.17) is 9.92 Å². The molecule has 2 aromatic rings. The molecule has 0 aromatic heterocycles. The van der Waals surface area contributed by atoms with Gasteiger partial charge in [-0.2, -0.15) is 8.42 Å². The van der Waals surface area contributed by atoms with Gasteiger partial charge in [0.15, 0.2) is 5.75 Å². The van der Waals surface area contributed by atoms with Crippen molar-refractivity contribution in [3.8, 4) is 5.75 Å². The molecule has 1 aliphatic rings. The molecule has 1 atom stereocenters. The Bertz CT molecular complexity index is 1000. The first-order valence-electron chi connectivity index (χ1n) is 7.97. The average molecular weight is 374 g/mol. The second-order valence-corrected chi connectivity index (χ2v) is 7.68. The van der Waals surface area contributed by atoms with Crippen molar-refractivity contribution in [3.05, 3.63) is 53.6 Å². The van der Waals surface area contributed by atoms with Crippen LogP contribution in [0, 0.1) is 0 Å². The number of rotatable bonds is 4. The zero-order valence-electron chi connectivity index (χ0n) is 14.3. The van der Waals surface area contributed by atoms with E-state index < -0.39 is 16.0 Å². The second kappa shape index (κ2) is 6.45. The molecule has 0 aliphatic carbocycles. The molecule has 0 fully saturated rings. The number of fused-ring (bicyclic) bond motifs is 1. The summed E-state index contributed by atoms with van der Waals surface area (Å²) < 4.78 is 30.4. The van der Waals surface area contributed by atoms with Crippen LogP contribution in [0.5, 0.6) is 5.75 Å². The molecule has 136 valence electrons. The van der Waals surface area contributed by atoms with Crippen LogP contribution in [-0.2, 0) is 21.3 Å². The molecular weight excluding hydrogens is 356 g/mol. The third-order valence-electron chi connectivity index (χ3n) is 4.25. The van der Waals surface area contributed by atoms with Crippen molar-refractivity contribution in [2.45, 2.75) is 31.2 Å². The number of hydrogen-bond donors (Lipinski definition) is 1. The van der Waals surface area contributed by atoms with Gasteiger partial charge in [0, 0.05) is 18.7 Å². The van der Waals surface area contributed by atoms with Crippen LogP contribution in [0.2, 0.25) is 0 Å². The molecule has 1 heterocycles. The highest BCUT2D eigenvalue weighted by Crippen LogP contribution is 2.34. The zero-order valence-corrected chi connectivity index (χ0v) is 15.1. The van der Waals surface area contributed by atoms with Gasteiger partial charge in [-0.25, -0.2) is 0 Å². The molecule has 0 saturated carbocycles. The molecule has 0 saturated heterocycles. The molecular formula is C18H18N2O5S. The van der Waals surface area contributed by atoms with Gasteiger partial charge in [0.2, 0.25) is 5.91 Å². The minimum atomic E-state index is -4.16. The number of hydrogen-bond acceptors (Lipinski definition) is 5. The van der Waals surface area contributed by atoms with E-state index in [0.717, 1.165) is 5.56 Å². The zero-order chi connectivity index (χ0) is 19.1. The molecule has 3 rings (SSSR count). The second-order valence-electron chi connectivity index (χ2n) is 6.13. The quantitative estimate of drug-likeness (QED) is 0.822. The Balaban J connectivity index is 1.97. The van der Waals surface area contributed by atoms with Gasteiger partial charge >= 0.3 is 10.1 Å². The van der Waals surface area contributed by atoms with Gasteiger partial charge in [0.25, 0.3) is 5.91 Å². The number of amides is 2. The Morgan fingerprint density at radius 1 is 1.19 bits per heavy atom. The van der Waals surface area contributed by atoms with Crippen LogP contribution in [0.25, 0.3) is 0 Å². The van der Waals surface area contributed by atoms with Crippen molar-refractivity contribution >= 4 is 27.6 Å². The number of anilines is 1. The van der Waals surface area contributed by atoms with E-state index in [-0.39, 0.29) is 28.2 Å². The lowest BCUT2D eigenvalue weighted by Crippen LogP contribution is -2.33. The van der Waals surface area contributed by atoms with Gasteiger partial charge in [0.1, 0.15) is 4.90 Å². The van der Waals surface area contributed by atoms with E-state index in [9.17, 15) is 18.0 Å². The number of carbonyl (C=O) groups is 2. The van der Waals surface area contributed by atoms with Crippen LogP contribution >= 0.6 is 0 Å². The topological polar surface area (TPSA) is 107 Å². The van der Waals surface area contributed by atoms with Crippen molar-refractivity contribution in [2.75, 3.05) is 4.90 Å². The summed E-state index contributed by atoms with van der Waals surface area (Å²) in [6.45, 7) is 3.37. The van der Waals surface area contributed by atoms with E-state index in [0.29, 0.717) is 12.1 Å². The molecule has 0 bridgehead atoms. The minimum Gasteiger partial charge on any atom is -0.378 e. The van der Waals surface area contributed by atoms with Crippen molar-refractivity contribution in [2.24, 2.45) is 5.73 Å². The smallest absolute Gasteiger partial charge is 0.339 e. The Kier molecular flexibility index (Phi) is 4.45. The maximum atomic E-state index is 12.6. The molecule has 2 N–H and O–H groups in total. The maximum absolute atomic E-state index is 12.6. The standard InChI is InChI=1S/C18H18N2O5S/c1-11-9-13-10-14(7-8-16(13)20(11)12(2)21)26(23,24)25-17-6-4-3-5-15(17)18(19)22/h3-8,10-11H,9H2,1-2H3,(H2,19,22). The summed E-state index contributed by atoms with van der Waals surface area (Å²) >= 11 is 0. The normalized spacial score (nSPS) is 16.2. The summed E-state index contributed by atoms with van der Waals surface area (Å²) in [6.07, 6.45) is 0.552. The van der Waals surface area contributed by atoms with E-state index in [1.165, 1.54) is 31.2 Å². The van der Waals surface area contributed by atoms with E-state index in [2.05, 4.69) is 0 Å². The first-order chi connectivity index (χ1) is 12.2. The molecule has 0 radical (unpaired) electrons. The number of benzene rings is 2. The van der Waals surface area contributed by atoms with Crippen molar-refractivity contribution in [3.63, 3.8) is 0 Å². The molecule has 2 aromatic carbocycles. The van der Waals surface area contributed by atoms with Crippen LogP contribution in [-0.4, -0.2) is 26.3 Å². The van der Waals surface area contributed by atoms with Crippen LogP contribution in [0.4, 0.5) is 5.69 Å². The Morgan fingerprint density at radius 3 is 2.54 bits per heavy atom. The summed E-state index contributed by atoms with van der Waals surface area (Å²) in [5.41, 5.74) is 6.68. The Morgan fingerprint density at radius 2 is 1.88 bits per heavy atom. The number of nitrogens with zero attached hydrogens (tertiary/aromatic N) is 1. The highest BCUT2D eigenvalue weighted by molar-refractivity contribution is 7.87. The predicted octanol–water partition coefficient (Wildman–Crippen LogP) is 1.85. The lowest BCUT2D eigenvalue weighted by molar-refractivity contribution is -0.116. The summed E-state index contributed by atoms with van der Waals surface area (Å²) in [5, 5.41) is 0. The fourth-order valence-electron chi connectivity index (χ4n) is 3.15. The van der Waals surface area contributed by atoms with Crippen LogP contribution < -0.4 is 14.8 Å².